The van der Waals surface area contributed by atoms with Crippen molar-refractivity contribution >= 4 is 24.0 Å². The van der Waals surface area contributed by atoms with E-state index in [4.69, 9.17) is 0 Å². The Morgan fingerprint density at radius 2 is 2.39 bits per heavy atom. The Morgan fingerprint density at radius 1 is 1.61 bits per heavy atom. The molecule has 1 aliphatic heterocycles. The highest BCUT2D eigenvalue weighted by atomic mass is 32.2. The third kappa shape index (κ3) is 2.46. The highest BCUT2D eigenvalue weighted by molar-refractivity contribution is 7.97. The van der Waals surface area contributed by atoms with Crippen molar-refractivity contribution in [1.29, 1.82) is 0 Å². The van der Waals surface area contributed by atoms with Crippen molar-refractivity contribution < 1.29 is 10.0 Å². The van der Waals surface area contributed by atoms with Crippen LogP contribution in [0.5, 0.6) is 5.75 Å². The molecule has 0 spiro atoms. The number of phenolic OH excluding ortho intramolecular Hbond substituents is 1. The Hall–Kier alpha value is -2.00. The molecule has 1 aromatic rings. The monoisotopic (exact) mass is 269 g/mol. The van der Waals surface area contributed by atoms with E-state index < -0.39 is 4.92 Å². The molecule has 0 bridgehead atoms. The number of hydrazone groups is 1. The first-order valence-electron chi connectivity index (χ1n) is 5.12. The Morgan fingerprint density at radius 3 is 3.06 bits per heavy atom. The van der Waals surface area contributed by atoms with Gasteiger partial charge in [0.25, 0.3) is 5.69 Å². The molecule has 96 valence electrons. The van der Waals surface area contributed by atoms with Gasteiger partial charge >= 0.3 is 0 Å². The van der Waals surface area contributed by atoms with Gasteiger partial charge < -0.3 is 5.11 Å². The molecule has 0 atom stereocenters. The van der Waals surface area contributed by atoms with Crippen molar-refractivity contribution in [3.8, 4) is 5.75 Å². The fourth-order valence-corrected chi connectivity index (χ4v) is 2.18. The molecule has 0 fully saturated rings. The number of nitrogens with one attached hydrogen (secondary N) is 1. The highest BCUT2D eigenvalue weighted by Gasteiger charge is 2.20. The number of benzene rings is 1. The maximum absolute atomic E-state index is 10.7. The molecule has 0 saturated carbocycles. The highest BCUT2D eigenvalue weighted by Crippen LogP contribution is 2.34. The second kappa shape index (κ2) is 5.10. The molecule has 2 N–H and O–H groups in total. The van der Waals surface area contributed by atoms with Gasteiger partial charge in [-0.05, 0) is 13.0 Å². The molecule has 1 aliphatic rings. The van der Waals surface area contributed by atoms with E-state index in [1.54, 1.807) is 15.9 Å². The molecule has 0 amide bonds. The summed E-state index contributed by atoms with van der Waals surface area (Å²) in [6.45, 7) is 2.61. The zero-order valence-corrected chi connectivity index (χ0v) is 10.3. The van der Waals surface area contributed by atoms with Gasteiger partial charge in [-0.1, -0.05) is 4.52 Å². The first kappa shape index (κ1) is 12.5. The second-order valence-corrected chi connectivity index (χ2v) is 4.34. The first-order chi connectivity index (χ1) is 8.61. The van der Waals surface area contributed by atoms with Gasteiger partial charge in [-0.3, -0.25) is 15.1 Å². The number of hydrazine groups is 2. The molecule has 8 nitrogen and oxygen atoms in total. The Labute approximate surface area is 107 Å². The van der Waals surface area contributed by atoms with E-state index in [9.17, 15) is 15.2 Å². The minimum Gasteiger partial charge on any atom is -0.507 e. The normalized spacial score (nSPS) is 14.8. The predicted molar refractivity (Wildman–Crippen MR) is 66.5 cm³/mol. The molecular formula is C9H11N5O3S. The van der Waals surface area contributed by atoms with Crippen LogP contribution in [0.1, 0.15) is 6.92 Å². The molecule has 1 heterocycles. The number of nitro groups is 1. The standard InChI is InChI=1S/C9H11N5O3S/c1-2-12-6-10-11-14(12)18-9-5-7(13(16)17)3-4-8(9)15/h3-6,11,15H,2H2,1H3. The van der Waals surface area contributed by atoms with Crippen LogP contribution in [0.15, 0.2) is 28.2 Å². The Bertz CT molecular complexity index is 495. The van der Waals surface area contributed by atoms with Crippen LogP contribution in [0.2, 0.25) is 0 Å². The number of phenols is 1. The molecule has 2 rings (SSSR count). The van der Waals surface area contributed by atoms with Crippen LogP contribution in [0.4, 0.5) is 5.69 Å². The van der Waals surface area contributed by atoms with E-state index >= 15 is 0 Å². The summed E-state index contributed by atoms with van der Waals surface area (Å²) < 4.78 is 1.57. The summed E-state index contributed by atoms with van der Waals surface area (Å²) in [6, 6.07) is 3.87. The molecule has 0 aliphatic carbocycles. The van der Waals surface area contributed by atoms with Gasteiger partial charge in [-0.15, -0.1) is 0 Å². The Balaban J connectivity index is 2.18. The smallest absolute Gasteiger partial charge is 0.270 e. The lowest BCUT2D eigenvalue weighted by molar-refractivity contribution is -0.385. The maximum Gasteiger partial charge on any atom is 0.270 e. The summed E-state index contributed by atoms with van der Waals surface area (Å²) in [4.78, 5) is 10.5. The van der Waals surface area contributed by atoms with Gasteiger partial charge in [-0.2, -0.15) is 5.10 Å². The number of hydrogen-bond donors (Lipinski definition) is 2. The van der Waals surface area contributed by atoms with Crippen LogP contribution in [0.25, 0.3) is 0 Å². The largest absolute Gasteiger partial charge is 0.507 e. The van der Waals surface area contributed by atoms with Crippen molar-refractivity contribution in [3.63, 3.8) is 0 Å². The number of nitro benzene ring substituents is 1. The average molecular weight is 269 g/mol. The second-order valence-electron chi connectivity index (χ2n) is 3.37. The van der Waals surface area contributed by atoms with E-state index in [1.165, 1.54) is 18.2 Å². The molecule has 0 unspecified atom stereocenters. The minimum atomic E-state index is -0.505. The molecule has 18 heavy (non-hydrogen) atoms. The van der Waals surface area contributed by atoms with Crippen molar-refractivity contribution in [2.24, 2.45) is 5.10 Å². The zero-order valence-electron chi connectivity index (χ0n) is 9.48. The van der Waals surface area contributed by atoms with Crippen molar-refractivity contribution in [2.45, 2.75) is 11.8 Å². The summed E-state index contributed by atoms with van der Waals surface area (Å²) in [7, 11) is 0. The van der Waals surface area contributed by atoms with Gasteiger partial charge in [0.1, 0.15) is 12.1 Å². The number of non-ortho nitro benzene ring substituents is 1. The molecule has 9 heteroatoms. The van der Waals surface area contributed by atoms with Crippen LogP contribution < -0.4 is 5.53 Å². The van der Waals surface area contributed by atoms with E-state index in [0.717, 1.165) is 11.9 Å². The van der Waals surface area contributed by atoms with Crippen molar-refractivity contribution in [3.05, 3.63) is 28.3 Å². The third-order valence-corrected chi connectivity index (χ3v) is 3.22. The van der Waals surface area contributed by atoms with Gasteiger partial charge in [0.05, 0.1) is 9.82 Å². The maximum atomic E-state index is 10.7. The number of nitrogens with zero attached hydrogens (tertiary/aromatic N) is 4. The first-order valence-corrected chi connectivity index (χ1v) is 5.90. The Kier molecular flexibility index (Phi) is 3.53. The van der Waals surface area contributed by atoms with E-state index in [-0.39, 0.29) is 11.4 Å². The van der Waals surface area contributed by atoms with Gasteiger partial charge in [0.15, 0.2) is 0 Å². The van der Waals surface area contributed by atoms with Crippen LogP contribution >= 0.6 is 11.9 Å². The topological polar surface area (TPSA) is 94.2 Å². The van der Waals surface area contributed by atoms with Crippen molar-refractivity contribution in [1.82, 2.24) is 15.1 Å². The van der Waals surface area contributed by atoms with Crippen LogP contribution in [-0.4, -0.2) is 32.4 Å². The summed E-state index contributed by atoms with van der Waals surface area (Å²) >= 11 is 1.11. The summed E-state index contributed by atoms with van der Waals surface area (Å²) in [5.41, 5.74) is 2.62. The number of hydrogen-bond acceptors (Lipinski definition) is 8. The van der Waals surface area contributed by atoms with Crippen LogP contribution in [0, 0.1) is 10.1 Å². The SMILES string of the molecule is CCN1C=NNN1Sc1cc([N+](=O)[O-])ccc1O. The van der Waals surface area contributed by atoms with Gasteiger partial charge in [0, 0.05) is 30.6 Å². The number of aromatic hydroxyl groups is 1. The molecular weight excluding hydrogens is 258 g/mol. The van der Waals surface area contributed by atoms with Gasteiger partial charge in [-0.25, -0.2) is 5.53 Å². The summed E-state index contributed by atoms with van der Waals surface area (Å²) in [5.74, 6) is -0.0182. The fraction of sp³-hybridized carbons (Fsp3) is 0.222. The van der Waals surface area contributed by atoms with E-state index in [1.807, 2.05) is 6.92 Å². The summed E-state index contributed by atoms with van der Waals surface area (Å²) in [5, 5.41) is 25.9. The minimum absolute atomic E-state index is 0.0182. The quantitative estimate of drug-likeness (QED) is 0.483. The number of rotatable bonds is 4. The van der Waals surface area contributed by atoms with Crippen LogP contribution in [-0.2, 0) is 0 Å². The molecule has 0 aromatic heterocycles. The van der Waals surface area contributed by atoms with Gasteiger partial charge in [0.2, 0.25) is 0 Å². The fourth-order valence-electron chi connectivity index (χ4n) is 1.31. The molecule has 0 saturated heterocycles. The predicted octanol–water partition coefficient (Wildman–Crippen LogP) is 1.31. The van der Waals surface area contributed by atoms with E-state index in [0.29, 0.717) is 11.4 Å². The van der Waals surface area contributed by atoms with Crippen LogP contribution in [0.3, 0.4) is 0 Å². The third-order valence-electron chi connectivity index (χ3n) is 2.23. The molecule has 0 radical (unpaired) electrons. The zero-order chi connectivity index (χ0) is 13.1. The van der Waals surface area contributed by atoms with Crippen molar-refractivity contribution in [2.75, 3.05) is 6.54 Å². The lowest BCUT2D eigenvalue weighted by atomic mass is 10.3. The summed E-state index contributed by atoms with van der Waals surface area (Å²) in [6.07, 6.45) is 1.58. The average Bonchev–Trinajstić information content (AvgIpc) is 2.79. The lowest BCUT2D eigenvalue weighted by Crippen LogP contribution is -2.37. The molecule has 1 aromatic carbocycles. The van der Waals surface area contributed by atoms with E-state index in [2.05, 4.69) is 10.6 Å². The lowest BCUT2D eigenvalue weighted by Gasteiger charge is -2.23.